The number of hydrogen-bond donors (Lipinski definition) is 1. The van der Waals surface area contributed by atoms with Crippen molar-refractivity contribution in [2.45, 2.75) is 6.54 Å². The molecule has 0 radical (unpaired) electrons. The molecule has 0 spiro atoms. The van der Waals surface area contributed by atoms with E-state index in [1.165, 1.54) is 0 Å². The Morgan fingerprint density at radius 3 is 2.41 bits per heavy atom. The van der Waals surface area contributed by atoms with E-state index in [2.05, 4.69) is 15.3 Å². The molecule has 0 saturated carbocycles. The molecule has 1 aromatic heterocycles. The van der Waals surface area contributed by atoms with Gasteiger partial charge in [-0.05, 0) is 18.2 Å². The molecule has 17 heavy (non-hydrogen) atoms. The smallest absolute Gasteiger partial charge is 0.223 e. The van der Waals surface area contributed by atoms with Crippen LogP contribution in [0.5, 0.6) is 0 Å². The Labute approximate surface area is 95.3 Å². The van der Waals surface area contributed by atoms with Crippen molar-refractivity contribution in [2.24, 2.45) is 0 Å². The summed E-state index contributed by atoms with van der Waals surface area (Å²) in [5, 5.41) is 2.66. The Balaban J connectivity index is 2.07. The molecule has 0 aliphatic rings. The molecule has 1 heterocycles. The van der Waals surface area contributed by atoms with Gasteiger partial charge in [-0.25, -0.2) is 23.1 Å². The predicted molar refractivity (Wildman–Crippen MR) is 55.7 cm³/mol. The van der Waals surface area contributed by atoms with Crippen molar-refractivity contribution in [3.05, 3.63) is 53.6 Å². The maximum Gasteiger partial charge on any atom is 0.223 e. The average Bonchev–Trinajstić information content (AvgIpc) is 2.32. The Hall–Kier alpha value is -2.11. The van der Waals surface area contributed by atoms with E-state index in [4.69, 9.17) is 0 Å². The molecule has 0 saturated heterocycles. The minimum atomic E-state index is -0.563. The van der Waals surface area contributed by atoms with E-state index in [-0.39, 0.29) is 18.1 Å². The summed E-state index contributed by atoms with van der Waals surface area (Å²) in [4.78, 5) is 7.26. The van der Waals surface area contributed by atoms with E-state index in [1.54, 1.807) is 0 Å². The van der Waals surface area contributed by atoms with Crippen LogP contribution in [-0.2, 0) is 6.54 Å². The van der Waals surface area contributed by atoms with Crippen LogP contribution in [0.15, 0.2) is 30.6 Å². The molecule has 0 aliphatic carbocycles. The van der Waals surface area contributed by atoms with Gasteiger partial charge in [0, 0.05) is 12.1 Å². The van der Waals surface area contributed by atoms with Crippen LogP contribution in [0.4, 0.5) is 19.1 Å². The van der Waals surface area contributed by atoms with Gasteiger partial charge in [-0.2, -0.15) is 0 Å². The van der Waals surface area contributed by atoms with Crippen LogP contribution in [0.3, 0.4) is 0 Å². The van der Waals surface area contributed by atoms with Crippen molar-refractivity contribution in [3.8, 4) is 0 Å². The maximum absolute atomic E-state index is 13.2. The molecule has 0 fully saturated rings. The highest BCUT2D eigenvalue weighted by atomic mass is 19.1. The molecule has 0 aliphatic heterocycles. The van der Waals surface area contributed by atoms with Crippen LogP contribution in [0.25, 0.3) is 0 Å². The summed E-state index contributed by atoms with van der Waals surface area (Å²) in [6.07, 6.45) is 1.97. The Morgan fingerprint density at radius 1 is 1.00 bits per heavy atom. The summed E-state index contributed by atoms with van der Waals surface area (Å²) in [6.45, 7) is 0.0230. The van der Waals surface area contributed by atoms with Crippen molar-refractivity contribution in [3.63, 3.8) is 0 Å². The number of anilines is 1. The largest absolute Gasteiger partial charge is 0.350 e. The lowest BCUT2D eigenvalue weighted by atomic mass is 10.2. The lowest BCUT2D eigenvalue weighted by molar-refractivity contribution is 0.587. The fourth-order valence-corrected chi connectivity index (χ4v) is 1.26. The van der Waals surface area contributed by atoms with Crippen LogP contribution < -0.4 is 5.32 Å². The number of hydrogen-bond acceptors (Lipinski definition) is 3. The molecule has 0 unspecified atom stereocenters. The summed E-state index contributed by atoms with van der Waals surface area (Å²) in [7, 11) is 0. The topological polar surface area (TPSA) is 37.8 Å². The van der Waals surface area contributed by atoms with Gasteiger partial charge in [-0.15, -0.1) is 0 Å². The number of rotatable bonds is 3. The normalized spacial score (nSPS) is 10.3. The Morgan fingerprint density at radius 2 is 1.71 bits per heavy atom. The van der Waals surface area contributed by atoms with Crippen LogP contribution in [-0.4, -0.2) is 9.97 Å². The quantitative estimate of drug-likeness (QED) is 0.894. The van der Waals surface area contributed by atoms with E-state index in [9.17, 15) is 13.2 Å². The molecule has 0 bridgehead atoms. The number of nitrogens with one attached hydrogen (secondary N) is 1. The van der Waals surface area contributed by atoms with Gasteiger partial charge in [0.15, 0.2) is 5.82 Å². The summed E-state index contributed by atoms with van der Waals surface area (Å²) in [5.74, 6) is -1.47. The maximum atomic E-state index is 13.2. The van der Waals surface area contributed by atoms with Crippen molar-refractivity contribution in [1.29, 1.82) is 0 Å². The molecule has 1 aromatic carbocycles. The highest BCUT2D eigenvalue weighted by Gasteiger charge is 2.04. The van der Waals surface area contributed by atoms with Gasteiger partial charge in [-0.1, -0.05) is 0 Å². The first kappa shape index (κ1) is 11.4. The summed E-state index contributed by atoms with van der Waals surface area (Å²) in [6, 6.07) is 3.15. The van der Waals surface area contributed by atoms with Gasteiger partial charge in [0.2, 0.25) is 5.95 Å². The molecular formula is C11H8F3N3. The highest BCUT2D eigenvalue weighted by molar-refractivity contribution is 5.27. The molecule has 0 atom stereocenters. The Kier molecular flexibility index (Phi) is 3.22. The van der Waals surface area contributed by atoms with Gasteiger partial charge in [0.25, 0.3) is 0 Å². The first-order valence-electron chi connectivity index (χ1n) is 4.80. The molecule has 1 N–H and O–H groups in total. The van der Waals surface area contributed by atoms with Crippen molar-refractivity contribution >= 4 is 5.95 Å². The van der Waals surface area contributed by atoms with Crippen molar-refractivity contribution in [2.75, 3.05) is 5.32 Å². The highest BCUT2D eigenvalue weighted by Crippen LogP contribution is 2.11. The molecule has 0 amide bonds. The standard InChI is InChI=1S/C11H8F3N3/c12-8-1-2-10(14)7(3-8)4-15-11-16-5-9(13)6-17-11/h1-3,5-6H,4H2,(H,15,16,17). The zero-order valence-electron chi connectivity index (χ0n) is 8.62. The molecule has 3 nitrogen and oxygen atoms in total. The second-order valence-electron chi connectivity index (χ2n) is 3.31. The minimum Gasteiger partial charge on any atom is -0.350 e. The predicted octanol–water partition coefficient (Wildman–Crippen LogP) is 2.51. The monoisotopic (exact) mass is 239 g/mol. The Bertz CT molecular complexity index is 514. The van der Waals surface area contributed by atoms with Crippen LogP contribution in [0.2, 0.25) is 0 Å². The number of halogens is 3. The average molecular weight is 239 g/mol. The van der Waals surface area contributed by atoms with Crippen LogP contribution in [0.1, 0.15) is 5.56 Å². The third-order valence-corrected chi connectivity index (χ3v) is 2.07. The zero-order valence-corrected chi connectivity index (χ0v) is 8.62. The van der Waals surface area contributed by atoms with Gasteiger partial charge in [0.05, 0.1) is 12.4 Å². The fraction of sp³-hybridized carbons (Fsp3) is 0.0909. The van der Waals surface area contributed by atoms with Crippen LogP contribution >= 0.6 is 0 Å². The molecule has 88 valence electrons. The first-order chi connectivity index (χ1) is 8.15. The lowest BCUT2D eigenvalue weighted by Crippen LogP contribution is -2.05. The van der Waals surface area contributed by atoms with Gasteiger partial charge in [0.1, 0.15) is 11.6 Å². The molecule has 2 rings (SSSR count). The third kappa shape index (κ3) is 2.93. The van der Waals surface area contributed by atoms with Crippen LogP contribution in [0, 0.1) is 17.5 Å². The van der Waals surface area contributed by atoms with E-state index in [0.717, 1.165) is 30.6 Å². The van der Waals surface area contributed by atoms with Gasteiger partial charge in [-0.3, -0.25) is 0 Å². The van der Waals surface area contributed by atoms with Crippen molar-refractivity contribution < 1.29 is 13.2 Å². The van der Waals surface area contributed by atoms with Gasteiger partial charge < -0.3 is 5.32 Å². The second-order valence-corrected chi connectivity index (χ2v) is 3.31. The van der Waals surface area contributed by atoms with E-state index in [0.29, 0.717) is 0 Å². The fourth-order valence-electron chi connectivity index (χ4n) is 1.26. The van der Waals surface area contributed by atoms with E-state index >= 15 is 0 Å². The molecule has 6 heteroatoms. The number of aromatic nitrogens is 2. The number of nitrogens with zero attached hydrogens (tertiary/aromatic N) is 2. The lowest BCUT2D eigenvalue weighted by Gasteiger charge is -2.05. The molecule has 2 aromatic rings. The summed E-state index contributed by atoms with van der Waals surface area (Å²) in [5.41, 5.74) is 0.151. The van der Waals surface area contributed by atoms with Gasteiger partial charge >= 0.3 is 0 Å². The minimum absolute atomic E-state index is 0.0230. The van der Waals surface area contributed by atoms with Crippen molar-refractivity contribution in [1.82, 2.24) is 9.97 Å². The summed E-state index contributed by atoms with van der Waals surface area (Å²) < 4.78 is 38.6. The third-order valence-electron chi connectivity index (χ3n) is 2.07. The number of benzene rings is 1. The molecular weight excluding hydrogens is 231 g/mol. The van der Waals surface area contributed by atoms with E-state index in [1.807, 2.05) is 0 Å². The SMILES string of the molecule is Fc1cnc(NCc2cc(F)ccc2F)nc1. The summed E-state index contributed by atoms with van der Waals surface area (Å²) >= 11 is 0. The second kappa shape index (κ2) is 4.82. The zero-order chi connectivity index (χ0) is 12.3. The van der Waals surface area contributed by atoms with E-state index < -0.39 is 17.5 Å². The first-order valence-corrected chi connectivity index (χ1v) is 4.80.